The number of hydrogen-bond acceptors (Lipinski definition) is 24. The van der Waals surface area contributed by atoms with Gasteiger partial charge in [-0.1, -0.05) is 88.1 Å². The Morgan fingerprint density at radius 3 is 1.61 bits per heavy atom. The summed E-state index contributed by atoms with van der Waals surface area (Å²) >= 11 is 0.803. The number of unbranched alkanes of at least 4 members (excludes halogenated alkanes) is 3. The Balaban J connectivity index is 1.19. The standard InChI is InChI=1S/C89H131N23O19S/c1-8-10-26-69-82(123)101-60(25-18-35-91)78(119)107-68(77(118)98-46-74(95)115)48-132-49-75(116)99-64(38-51-29-31-55(131-7)32-30-51)85(126)108(4)50(3)76(117)104-66(42-73(94)114)88(129)111-37-19-28-70(111)83(124)106-67(43-93)81(122)102-62(24-16-17-34-90)87(128)112-47-54(113)41-72(112)84(125)103-63(39-52-44-96-58-22-14-12-20-56(52)58)80(121)100-61(33-36-92)79(120)105-65(40-53-45-97-59-23-15-13-21-57(53)59)86(127)110(6)71(27-11-9-2)89(130)109(69)5/h12-15,20-23,29-32,44-45,50,54,60-72,96-97,113H,8-11,16-19,24-28,33-43,46-49,90-93H2,1-7H3,(H2,94,114)(H2,95,115)(H,98,118)(H,99,116)(H,100,121)(H,101,123)(H,102,122)(H,103,125)(H,104,117)(H,105,120)(H,106,124)(H,107,119)/t50-,54+,60-,61?,62-,63-,64-,65-,66-,67-,68-,69-,70-,71-,72-/m0/s1. The molecule has 8 rings (SSSR count). The van der Waals surface area contributed by atoms with Crippen molar-refractivity contribution in [1.82, 2.24) is 87.6 Å². The van der Waals surface area contributed by atoms with Crippen LogP contribution in [0.2, 0.25) is 0 Å². The highest BCUT2D eigenvalue weighted by Crippen LogP contribution is 2.28. The summed E-state index contributed by atoms with van der Waals surface area (Å²) in [6.45, 7) is 3.14. The number of aliphatic hydroxyl groups excluding tert-OH is 1. The van der Waals surface area contributed by atoms with Gasteiger partial charge in [0.15, 0.2) is 0 Å². The molecule has 132 heavy (non-hydrogen) atoms. The molecule has 42 nitrogen and oxygen atoms in total. The minimum atomic E-state index is -1.76. The van der Waals surface area contributed by atoms with Gasteiger partial charge >= 0.3 is 0 Å². The van der Waals surface area contributed by atoms with E-state index in [-0.39, 0.29) is 110 Å². The monoisotopic (exact) mass is 1860 g/mol. The normalized spacial score (nSPS) is 25.1. The summed E-state index contributed by atoms with van der Waals surface area (Å²) in [5, 5.41) is 39.4. The van der Waals surface area contributed by atoms with Gasteiger partial charge in [0.25, 0.3) is 0 Å². The molecule has 15 atom stereocenters. The van der Waals surface area contributed by atoms with Crippen molar-refractivity contribution in [1.29, 1.82) is 0 Å². The van der Waals surface area contributed by atoms with Crippen molar-refractivity contribution >= 4 is 134 Å². The molecule has 5 heterocycles. The lowest BCUT2D eigenvalue weighted by Crippen LogP contribution is -2.61. The van der Waals surface area contributed by atoms with Gasteiger partial charge in [-0.25, -0.2) is 0 Å². The third-order valence-corrected chi connectivity index (χ3v) is 25.1. The number of primary amides is 2. The van der Waals surface area contributed by atoms with E-state index >= 15 is 33.6 Å². The molecule has 0 saturated carbocycles. The summed E-state index contributed by atoms with van der Waals surface area (Å²) < 4.78 is 5.34. The highest BCUT2D eigenvalue weighted by molar-refractivity contribution is 8.00. The first-order valence-corrected chi connectivity index (χ1v) is 46.0. The molecule has 0 radical (unpaired) electrons. The number of fused-ring (bicyclic) bond motifs is 4. The van der Waals surface area contributed by atoms with E-state index in [4.69, 9.17) is 39.1 Å². The molecule has 43 heteroatoms. The van der Waals surface area contributed by atoms with E-state index in [2.05, 4.69) is 63.1 Å². The van der Waals surface area contributed by atoms with Crippen molar-refractivity contribution in [2.24, 2.45) is 34.4 Å². The molecular formula is C89H131N23O19S. The largest absolute Gasteiger partial charge is 0.497 e. The molecule has 3 fully saturated rings. The number of para-hydroxylation sites is 2. The molecule has 2 aromatic heterocycles. The number of nitrogens with zero attached hydrogens (tertiary/aromatic N) is 5. The molecule has 0 bridgehead atoms. The van der Waals surface area contributed by atoms with Gasteiger partial charge in [-0.05, 0) is 132 Å². The van der Waals surface area contributed by atoms with Gasteiger partial charge < -0.3 is 132 Å². The zero-order chi connectivity index (χ0) is 96.6. The van der Waals surface area contributed by atoms with Crippen LogP contribution < -0.4 is 92.3 Å². The average molecular weight is 1860 g/mol. The fourth-order valence-corrected chi connectivity index (χ4v) is 17.3. The Labute approximate surface area is 770 Å². The van der Waals surface area contributed by atoms with Gasteiger partial charge in [-0.3, -0.25) is 81.5 Å². The van der Waals surface area contributed by atoms with Crippen molar-refractivity contribution in [3.8, 4) is 5.75 Å². The van der Waals surface area contributed by atoms with Crippen molar-refractivity contribution < 1.29 is 91.4 Å². The Morgan fingerprint density at radius 1 is 0.492 bits per heavy atom. The number of likely N-dealkylation sites (N-methyl/N-ethyl adjacent to an activating group) is 3. The maximum absolute atomic E-state index is 15.8. The Kier molecular flexibility index (Phi) is 41.0. The van der Waals surface area contributed by atoms with E-state index in [0.717, 1.165) is 26.5 Å². The number of methoxy groups -OCH3 is 1. The molecule has 0 spiro atoms. The van der Waals surface area contributed by atoms with Gasteiger partial charge in [0.1, 0.15) is 90.3 Å². The van der Waals surface area contributed by atoms with Gasteiger partial charge in [-0.2, -0.15) is 0 Å². The highest BCUT2D eigenvalue weighted by Gasteiger charge is 2.47. The van der Waals surface area contributed by atoms with Crippen LogP contribution in [0.5, 0.6) is 5.75 Å². The highest BCUT2D eigenvalue weighted by atomic mass is 32.2. The van der Waals surface area contributed by atoms with Crippen LogP contribution >= 0.6 is 11.8 Å². The number of aromatic nitrogens is 2. The Morgan fingerprint density at radius 2 is 1.01 bits per heavy atom. The first kappa shape index (κ1) is 105. The van der Waals surface area contributed by atoms with E-state index in [1.165, 1.54) is 45.0 Å². The van der Waals surface area contributed by atoms with Crippen LogP contribution in [-0.4, -0.2) is 316 Å². The second-order valence-electron chi connectivity index (χ2n) is 33.6. The van der Waals surface area contributed by atoms with Crippen LogP contribution in [0.3, 0.4) is 0 Å². The number of aromatic amines is 2. The summed E-state index contributed by atoms with van der Waals surface area (Å²) in [5.41, 5.74) is 38.5. The average Bonchev–Trinajstić information content (AvgIpc) is 1.60. The van der Waals surface area contributed by atoms with Gasteiger partial charge in [0.2, 0.25) is 100 Å². The van der Waals surface area contributed by atoms with E-state index in [1.54, 1.807) is 79.1 Å². The van der Waals surface area contributed by atoms with E-state index in [1.807, 2.05) is 19.9 Å². The maximum Gasteiger partial charge on any atom is 0.246 e. The second-order valence-corrected chi connectivity index (χ2v) is 34.6. The maximum atomic E-state index is 15.8. The number of benzene rings is 3. The summed E-state index contributed by atoms with van der Waals surface area (Å²) in [4.78, 5) is 261. The van der Waals surface area contributed by atoms with Gasteiger partial charge in [0, 0.05) is 106 Å². The molecule has 722 valence electrons. The molecule has 3 aromatic carbocycles. The zero-order valence-electron chi connectivity index (χ0n) is 75.9. The van der Waals surface area contributed by atoms with Crippen LogP contribution in [0.25, 0.3) is 21.8 Å². The minimum Gasteiger partial charge on any atom is -0.497 e. The van der Waals surface area contributed by atoms with Crippen LogP contribution in [0.15, 0.2) is 85.2 Å². The lowest BCUT2D eigenvalue weighted by Gasteiger charge is -2.36. The lowest BCUT2D eigenvalue weighted by molar-refractivity contribution is -0.149. The summed E-state index contributed by atoms with van der Waals surface area (Å²) in [7, 11) is 5.45. The quantitative estimate of drug-likeness (QED) is 0.0214. The number of amides is 17. The van der Waals surface area contributed by atoms with Gasteiger partial charge in [-0.15, -0.1) is 11.8 Å². The first-order valence-electron chi connectivity index (χ1n) is 44.9. The number of thioether (sulfide) groups is 1. The first-order chi connectivity index (χ1) is 63.1. The number of hydrogen-bond donors (Lipinski definition) is 19. The number of carbonyl (C=O) groups excluding carboxylic acids is 17. The fraction of sp³-hybridized carbons (Fsp3) is 0.562. The SMILES string of the molecule is CCCC[C@H]1C(=O)N(C)[C@@H](CCCC)C(=O)N[C@@H](CCCN)C(=O)N[C@H](C(=O)NCC(N)=O)CSCC(=O)N[C@@H](Cc2ccc(OC)cc2)C(=O)N(C)[C@@H](C)C(=O)N[C@@H](CC(N)=O)C(=O)N2CCC[C@H]2C(=O)N[C@@H](CN)C(=O)N[C@@H](CCCCN)C(=O)N2C[C@H](O)C[C@H]2C(=O)N[C@@H](Cc2c[nH]c3ccccc23)C(=O)NC(CCN)C(=O)N[C@@H](Cc2c[nH]c3ccccc23)C(=O)N1C. The molecule has 3 aliphatic rings. The molecule has 25 N–H and O–H groups in total. The topological polar surface area (TPSA) is 644 Å². The minimum absolute atomic E-state index is 0.00744. The molecule has 3 aliphatic heterocycles. The Bertz CT molecular complexity index is 4860. The van der Waals surface area contributed by atoms with Crippen molar-refractivity contribution in [3.63, 3.8) is 0 Å². The van der Waals surface area contributed by atoms with E-state index in [9.17, 15) is 53.1 Å². The number of aliphatic hydroxyl groups is 1. The fourth-order valence-electron chi connectivity index (χ4n) is 16.4. The predicted octanol–water partition coefficient (Wildman–Crippen LogP) is -3.72. The van der Waals surface area contributed by atoms with Gasteiger partial charge in [0.05, 0.1) is 31.9 Å². The molecular weight excluding hydrogens is 1730 g/mol. The zero-order valence-corrected chi connectivity index (χ0v) is 76.8. The smallest absolute Gasteiger partial charge is 0.246 e. The van der Waals surface area contributed by atoms with Crippen LogP contribution in [-0.2, 0) is 101 Å². The number of carbonyl (C=O) groups is 17. The number of nitrogens with one attached hydrogen (secondary N) is 12. The number of ether oxygens (including phenoxy) is 1. The van der Waals surface area contributed by atoms with Crippen LogP contribution in [0.4, 0.5) is 0 Å². The van der Waals surface area contributed by atoms with Crippen LogP contribution in [0.1, 0.15) is 140 Å². The molecule has 17 amide bonds. The number of rotatable bonds is 28. The summed E-state index contributed by atoms with van der Waals surface area (Å²) in [6, 6.07) is -0.248. The third-order valence-electron chi connectivity index (χ3n) is 24.0. The van der Waals surface area contributed by atoms with Crippen molar-refractivity contribution in [3.05, 3.63) is 102 Å². The Hall–Kier alpha value is -12.3. The molecule has 5 aromatic rings. The third kappa shape index (κ3) is 29.1. The lowest BCUT2D eigenvalue weighted by atomic mass is 9.99. The van der Waals surface area contributed by atoms with Crippen molar-refractivity contribution in [2.75, 3.05) is 85.6 Å². The second kappa shape index (κ2) is 51.5. The summed E-state index contributed by atoms with van der Waals surface area (Å²) in [6.07, 6.45) is 2.37. The molecule has 0 aliphatic carbocycles. The van der Waals surface area contributed by atoms with Crippen molar-refractivity contribution in [2.45, 2.75) is 233 Å². The number of nitrogens with two attached hydrogens (primary N) is 6. The van der Waals surface area contributed by atoms with E-state index in [0.29, 0.717) is 76.3 Å². The number of H-pyrrole nitrogens is 2. The molecule has 1 unspecified atom stereocenters. The van der Waals surface area contributed by atoms with E-state index < -0.39 is 229 Å². The summed E-state index contributed by atoms with van der Waals surface area (Å²) in [5.74, 6) is -15.8. The predicted molar refractivity (Wildman–Crippen MR) is 491 cm³/mol. The van der Waals surface area contributed by atoms with Crippen LogP contribution in [0, 0.1) is 0 Å². The molecule has 3 saturated heterocycles.